The number of hydrogen-bond acceptors (Lipinski definition) is 4. The minimum Gasteiger partial charge on any atom is -0.369 e. The molecule has 0 bridgehead atoms. The maximum Gasteiger partial charge on any atom is 0.225 e. The van der Waals surface area contributed by atoms with Crippen molar-refractivity contribution in [3.8, 4) is 0 Å². The largest absolute Gasteiger partial charge is 0.369 e. The molecule has 1 amide bonds. The molecule has 0 saturated heterocycles. The second kappa shape index (κ2) is 7.63. The molecular weight excluding hydrogens is 228 g/mol. The quantitative estimate of drug-likeness (QED) is 0.730. The first-order chi connectivity index (χ1) is 8.61. The molecule has 100 valence electrons. The minimum atomic E-state index is -0.0222. The number of amides is 1. The standard InChI is InChI=1S/C13H22N4O/c1-4-5-8-14-11-6-7-12(17-16-11)15-13(18)9-10(2)3/h6-7,10H,4-5,8-9H2,1-3H3,(H,14,16)(H,15,17,18). The van der Waals surface area contributed by atoms with Gasteiger partial charge in [0.1, 0.15) is 5.82 Å². The maximum absolute atomic E-state index is 11.5. The first-order valence-electron chi connectivity index (χ1n) is 6.49. The van der Waals surface area contributed by atoms with Gasteiger partial charge in [-0.3, -0.25) is 4.79 Å². The molecule has 0 aliphatic carbocycles. The summed E-state index contributed by atoms with van der Waals surface area (Å²) in [5.41, 5.74) is 0. The van der Waals surface area contributed by atoms with E-state index in [0.717, 1.165) is 25.2 Å². The number of unbranched alkanes of at least 4 members (excludes halogenated alkanes) is 1. The summed E-state index contributed by atoms with van der Waals surface area (Å²) >= 11 is 0. The average Bonchev–Trinajstić information content (AvgIpc) is 2.30. The zero-order valence-corrected chi connectivity index (χ0v) is 11.4. The summed E-state index contributed by atoms with van der Waals surface area (Å²) in [6.07, 6.45) is 2.75. The molecule has 1 rings (SSSR count). The third-order valence-electron chi connectivity index (χ3n) is 2.36. The SMILES string of the molecule is CCCCNc1ccc(NC(=O)CC(C)C)nn1. The molecule has 0 aliphatic rings. The summed E-state index contributed by atoms with van der Waals surface area (Å²) in [5, 5.41) is 13.9. The molecular formula is C13H22N4O. The van der Waals surface area contributed by atoms with Crippen LogP contribution in [0.15, 0.2) is 12.1 Å². The van der Waals surface area contributed by atoms with Crippen LogP contribution in [0, 0.1) is 5.92 Å². The number of aromatic nitrogens is 2. The average molecular weight is 250 g/mol. The predicted molar refractivity (Wildman–Crippen MR) is 73.5 cm³/mol. The van der Waals surface area contributed by atoms with E-state index in [2.05, 4.69) is 27.8 Å². The first-order valence-corrected chi connectivity index (χ1v) is 6.49. The third kappa shape index (κ3) is 5.61. The van der Waals surface area contributed by atoms with Crippen LogP contribution in [-0.4, -0.2) is 22.6 Å². The lowest BCUT2D eigenvalue weighted by Gasteiger charge is -2.07. The van der Waals surface area contributed by atoms with Crippen LogP contribution in [-0.2, 0) is 4.79 Å². The zero-order chi connectivity index (χ0) is 13.4. The van der Waals surface area contributed by atoms with Crippen LogP contribution in [0.5, 0.6) is 0 Å². The molecule has 5 heteroatoms. The van der Waals surface area contributed by atoms with Gasteiger partial charge in [-0.05, 0) is 24.5 Å². The van der Waals surface area contributed by atoms with Crippen molar-refractivity contribution in [3.63, 3.8) is 0 Å². The van der Waals surface area contributed by atoms with Gasteiger partial charge in [0, 0.05) is 13.0 Å². The molecule has 0 radical (unpaired) electrons. The zero-order valence-electron chi connectivity index (χ0n) is 11.4. The Morgan fingerprint density at radius 2 is 1.94 bits per heavy atom. The van der Waals surface area contributed by atoms with Crippen molar-refractivity contribution in [3.05, 3.63) is 12.1 Å². The Morgan fingerprint density at radius 3 is 2.50 bits per heavy atom. The molecule has 0 saturated carbocycles. The van der Waals surface area contributed by atoms with E-state index in [-0.39, 0.29) is 5.91 Å². The van der Waals surface area contributed by atoms with Gasteiger partial charge in [0.05, 0.1) is 0 Å². The number of nitrogens with zero attached hydrogens (tertiary/aromatic N) is 2. The van der Waals surface area contributed by atoms with E-state index >= 15 is 0 Å². The van der Waals surface area contributed by atoms with E-state index in [1.54, 1.807) is 6.07 Å². The predicted octanol–water partition coefficient (Wildman–Crippen LogP) is 2.67. The van der Waals surface area contributed by atoms with Crippen molar-refractivity contribution in [2.45, 2.75) is 40.0 Å². The highest BCUT2D eigenvalue weighted by Gasteiger charge is 2.06. The van der Waals surface area contributed by atoms with Crippen LogP contribution in [0.2, 0.25) is 0 Å². The monoisotopic (exact) mass is 250 g/mol. The Kier molecular flexibility index (Phi) is 6.11. The van der Waals surface area contributed by atoms with Crippen LogP contribution in [0.4, 0.5) is 11.6 Å². The molecule has 0 aromatic carbocycles. The highest BCUT2D eigenvalue weighted by Crippen LogP contribution is 2.08. The second-order valence-corrected chi connectivity index (χ2v) is 4.73. The van der Waals surface area contributed by atoms with Gasteiger partial charge in [-0.25, -0.2) is 0 Å². The van der Waals surface area contributed by atoms with Gasteiger partial charge < -0.3 is 10.6 Å². The lowest BCUT2D eigenvalue weighted by molar-refractivity contribution is -0.116. The minimum absolute atomic E-state index is 0.0222. The fourth-order valence-electron chi connectivity index (χ4n) is 1.45. The third-order valence-corrected chi connectivity index (χ3v) is 2.36. The Labute approximate surface area is 108 Å². The summed E-state index contributed by atoms with van der Waals surface area (Å²) < 4.78 is 0. The van der Waals surface area contributed by atoms with Crippen molar-refractivity contribution in [1.29, 1.82) is 0 Å². The van der Waals surface area contributed by atoms with Gasteiger partial charge in [-0.1, -0.05) is 27.2 Å². The van der Waals surface area contributed by atoms with Crippen molar-refractivity contribution in [2.24, 2.45) is 5.92 Å². The normalized spacial score (nSPS) is 10.4. The Hall–Kier alpha value is -1.65. The van der Waals surface area contributed by atoms with Gasteiger partial charge in [0.2, 0.25) is 5.91 Å². The van der Waals surface area contributed by atoms with Gasteiger partial charge >= 0.3 is 0 Å². The Bertz CT molecular complexity index is 362. The van der Waals surface area contributed by atoms with Gasteiger partial charge in [-0.15, -0.1) is 10.2 Å². The van der Waals surface area contributed by atoms with E-state index in [1.165, 1.54) is 0 Å². The maximum atomic E-state index is 11.5. The van der Waals surface area contributed by atoms with Crippen molar-refractivity contribution in [2.75, 3.05) is 17.2 Å². The second-order valence-electron chi connectivity index (χ2n) is 4.73. The number of anilines is 2. The molecule has 0 unspecified atom stereocenters. The van der Waals surface area contributed by atoms with E-state index < -0.39 is 0 Å². The number of hydrogen-bond donors (Lipinski definition) is 2. The topological polar surface area (TPSA) is 66.9 Å². The van der Waals surface area contributed by atoms with Gasteiger partial charge in [0.25, 0.3) is 0 Å². The molecule has 1 heterocycles. The molecule has 0 atom stereocenters. The van der Waals surface area contributed by atoms with Gasteiger partial charge in [0.15, 0.2) is 5.82 Å². The molecule has 1 aromatic heterocycles. The van der Waals surface area contributed by atoms with Gasteiger partial charge in [-0.2, -0.15) is 0 Å². The Morgan fingerprint density at radius 1 is 1.28 bits per heavy atom. The van der Waals surface area contributed by atoms with Crippen LogP contribution < -0.4 is 10.6 Å². The lowest BCUT2D eigenvalue weighted by Crippen LogP contribution is -2.15. The number of nitrogens with one attached hydrogen (secondary N) is 2. The summed E-state index contributed by atoms with van der Waals surface area (Å²) in [4.78, 5) is 11.5. The van der Waals surface area contributed by atoms with Crippen LogP contribution in [0.1, 0.15) is 40.0 Å². The van der Waals surface area contributed by atoms with Crippen LogP contribution >= 0.6 is 0 Å². The highest BCUT2D eigenvalue weighted by molar-refractivity contribution is 5.89. The van der Waals surface area contributed by atoms with Crippen molar-refractivity contribution >= 4 is 17.5 Å². The van der Waals surface area contributed by atoms with E-state index in [4.69, 9.17) is 0 Å². The molecule has 1 aromatic rings. The molecule has 2 N–H and O–H groups in total. The summed E-state index contributed by atoms with van der Waals surface area (Å²) in [6.45, 7) is 7.04. The Balaban J connectivity index is 2.42. The number of rotatable bonds is 7. The summed E-state index contributed by atoms with van der Waals surface area (Å²) in [6, 6.07) is 3.59. The molecule has 18 heavy (non-hydrogen) atoms. The smallest absolute Gasteiger partial charge is 0.225 e. The summed E-state index contributed by atoms with van der Waals surface area (Å²) in [7, 11) is 0. The van der Waals surface area contributed by atoms with Crippen LogP contribution in [0.3, 0.4) is 0 Å². The lowest BCUT2D eigenvalue weighted by atomic mass is 10.1. The number of carbonyl (C=O) groups excluding carboxylic acids is 1. The highest BCUT2D eigenvalue weighted by atomic mass is 16.1. The first kappa shape index (κ1) is 14.4. The molecule has 0 spiro atoms. The van der Waals surface area contributed by atoms with E-state index in [9.17, 15) is 4.79 Å². The number of carbonyl (C=O) groups is 1. The fraction of sp³-hybridized carbons (Fsp3) is 0.615. The van der Waals surface area contributed by atoms with Crippen LogP contribution in [0.25, 0.3) is 0 Å². The van der Waals surface area contributed by atoms with E-state index in [0.29, 0.717) is 18.2 Å². The molecule has 5 nitrogen and oxygen atoms in total. The van der Waals surface area contributed by atoms with E-state index in [1.807, 2.05) is 19.9 Å². The molecule has 0 fully saturated rings. The van der Waals surface area contributed by atoms with Crippen molar-refractivity contribution in [1.82, 2.24) is 10.2 Å². The van der Waals surface area contributed by atoms with Crippen molar-refractivity contribution < 1.29 is 4.79 Å². The molecule has 0 aliphatic heterocycles. The summed E-state index contributed by atoms with van der Waals surface area (Å²) in [5.74, 6) is 1.56. The fourth-order valence-corrected chi connectivity index (χ4v) is 1.45.